The molecule has 2 amide bonds. The van der Waals surface area contributed by atoms with Crippen LogP contribution in [0, 0.1) is 0 Å². The predicted octanol–water partition coefficient (Wildman–Crippen LogP) is 1.50. The van der Waals surface area contributed by atoms with Gasteiger partial charge in [0.2, 0.25) is 0 Å². The maximum absolute atomic E-state index is 12.1. The number of aliphatic hydroxyl groups is 1. The molecule has 0 aromatic heterocycles. The molecule has 1 heterocycles. The molecule has 0 spiro atoms. The van der Waals surface area contributed by atoms with Crippen LogP contribution in [0.15, 0.2) is 24.3 Å². The number of rotatable bonds is 4. The largest absolute Gasteiger partial charge is 0.391 e. The van der Waals surface area contributed by atoms with Gasteiger partial charge in [-0.2, -0.15) is 0 Å². The zero-order valence-electron chi connectivity index (χ0n) is 11.8. The molecule has 20 heavy (non-hydrogen) atoms. The van der Waals surface area contributed by atoms with Crippen LogP contribution in [-0.2, 0) is 17.9 Å². The first-order chi connectivity index (χ1) is 9.70. The van der Waals surface area contributed by atoms with E-state index in [1.54, 1.807) is 12.0 Å². The summed E-state index contributed by atoms with van der Waals surface area (Å²) in [6.07, 6.45) is 1.24. The zero-order valence-corrected chi connectivity index (χ0v) is 11.8. The van der Waals surface area contributed by atoms with E-state index in [-0.39, 0.29) is 6.03 Å². The first-order valence-corrected chi connectivity index (χ1v) is 6.97. The third kappa shape index (κ3) is 3.95. The highest BCUT2D eigenvalue weighted by molar-refractivity contribution is 5.74. The summed E-state index contributed by atoms with van der Waals surface area (Å²) >= 11 is 0. The molecule has 1 fully saturated rings. The van der Waals surface area contributed by atoms with E-state index < -0.39 is 6.10 Å². The van der Waals surface area contributed by atoms with Gasteiger partial charge < -0.3 is 20.1 Å². The van der Waals surface area contributed by atoms with Crippen molar-refractivity contribution in [3.8, 4) is 0 Å². The Hall–Kier alpha value is -1.59. The average molecular weight is 278 g/mol. The number of methoxy groups -OCH3 is 1. The van der Waals surface area contributed by atoms with Crippen molar-refractivity contribution in [1.82, 2.24) is 10.2 Å². The summed E-state index contributed by atoms with van der Waals surface area (Å²) in [4.78, 5) is 13.7. The molecule has 1 unspecified atom stereocenters. The van der Waals surface area contributed by atoms with E-state index in [1.165, 1.54) is 0 Å². The Morgan fingerprint density at radius 1 is 1.45 bits per heavy atom. The van der Waals surface area contributed by atoms with Crippen molar-refractivity contribution in [2.24, 2.45) is 0 Å². The Kier molecular flexibility index (Phi) is 5.38. The number of β-amino-alcohol motifs (C(OH)–C–C–N with tert-alkyl or cyclic N) is 1. The molecular formula is C15H22N2O3. The van der Waals surface area contributed by atoms with Gasteiger partial charge in [-0.15, -0.1) is 0 Å². The van der Waals surface area contributed by atoms with E-state index in [2.05, 4.69) is 5.32 Å². The van der Waals surface area contributed by atoms with Crippen molar-refractivity contribution in [3.63, 3.8) is 0 Å². The van der Waals surface area contributed by atoms with Gasteiger partial charge in [0.1, 0.15) is 0 Å². The number of hydrogen-bond acceptors (Lipinski definition) is 3. The number of carbonyl (C=O) groups excluding carboxylic acids is 1. The Morgan fingerprint density at radius 2 is 2.20 bits per heavy atom. The SMILES string of the molecule is COCc1ccccc1CNC(=O)N1CCCC(O)C1. The second-order valence-corrected chi connectivity index (χ2v) is 5.10. The van der Waals surface area contributed by atoms with Crippen LogP contribution in [0.1, 0.15) is 24.0 Å². The highest BCUT2D eigenvalue weighted by Crippen LogP contribution is 2.12. The normalized spacial score (nSPS) is 18.9. The smallest absolute Gasteiger partial charge is 0.317 e. The molecule has 110 valence electrons. The van der Waals surface area contributed by atoms with Crippen molar-refractivity contribution < 1.29 is 14.6 Å². The van der Waals surface area contributed by atoms with Crippen molar-refractivity contribution in [1.29, 1.82) is 0 Å². The number of piperidine rings is 1. The van der Waals surface area contributed by atoms with Crippen molar-refractivity contribution in [2.75, 3.05) is 20.2 Å². The standard InChI is InChI=1S/C15H22N2O3/c1-20-11-13-6-3-2-5-12(13)9-16-15(19)17-8-4-7-14(18)10-17/h2-3,5-6,14,18H,4,7-11H2,1H3,(H,16,19). The minimum atomic E-state index is -0.393. The fourth-order valence-corrected chi connectivity index (χ4v) is 2.45. The third-order valence-electron chi connectivity index (χ3n) is 3.53. The van der Waals surface area contributed by atoms with Gasteiger partial charge in [0, 0.05) is 26.7 Å². The van der Waals surface area contributed by atoms with Crippen LogP contribution >= 0.6 is 0 Å². The second-order valence-electron chi connectivity index (χ2n) is 5.10. The molecule has 1 aromatic carbocycles. The number of ether oxygens (including phenoxy) is 1. The zero-order chi connectivity index (χ0) is 14.4. The predicted molar refractivity (Wildman–Crippen MR) is 76.2 cm³/mol. The van der Waals surface area contributed by atoms with Crippen LogP contribution in [0.4, 0.5) is 4.79 Å². The van der Waals surface area contributed by atoms with Crippen LogP contribution in [0.5, 0.6) is 0 Å². The minimum absolute atomic E-state index is 0.115. The average Bonchev–Trinajstić information content (AvgIpc) is 2.46. The molecular weight excluding hydrogens is 256 g/mol. The number of aliphatic hydroxyl groups excluding tert-OH is 1. The molecule has 0 aliphatic carbocycles. The van der Waals surface area contributed by atoms with Crippen LogP contribution in [-0.4, -0.2) is 42.3 Å². The summed E-state index contributed by atoms with van der Waals surface area (Å²) in [5, 5.41) is 12.5. The van der Waals surface area contributed by atoms with E-state index in [0.29, 0.717) is 26.2 Å². The van der Waals surface area contributed by atoms with Gasteiger partial charge in [0.05, 0.1) is 12.7 Å². The summed E-state index contributed by atoms with van der Waals surface area (Å²) in [5.74, 6) is 0. The van der Waals surface area contributed by atoms with E-state index in [0.717, 1.165) is 24.0 Å². The molecule has 1 atom stereocenters. The van der Waals surface area contributed by atoms with Gasteiger partial charge in [-0.25, -0.2) is 4.79 Å². The van der Waals surface area contributed by atoms with E-state index in [4.69, 9.17) is 4.74 Å². The number of nitrogens with zero attached hydrogens (tertiary/aromatic N) is 1. The van der Waals surface area contributed by atoms with Crippen LogP contribution in [0.25, 0.3) is 0 Å². The summed E-state index contributed by atoms with van der Waals surface area (Å²) in [6.45, 7) is 2.15. The van der Waals surface area contributed by atoms with Gasteiger partial charge in [0.15, 0.2) is 0 Å². The van der Waals surface area contributed by atoms with Crippen LogP contribution in [0.2, 0.25) is 0 Å². The lowest BCUT2D eigenvalue weighted by atomic mass is 10.1. The van der Waals surface area contributed by atoms with Crippen LogP contribution in [0.3, 0.4) is 0 Å². The van der Waals surface area contributed by atoms with E-state index >= 15 is 0 Å². The molecule has 0 saturated carbocycles. The van der Waals surface area contributed by atoms with Gasteiger partial charge in [-0.1, -0.05) is 24.3 Å². The van der Waals surface area contributed by atoms with Crippen molar-refractivity contribution in [3.05, 3.63) is 35.4 Å². The number of likely N-dealkylation sites (tertiary alicyclic amines) is 1. The first-order valence-electron chi connectivity index (χ1n) is 6.97. The Labute approximate surface area is 119 Å². The van der Waals surface area contributed by atoms with Crippen molar-refractivity contribution >= 4 is 6.03 Å². The number of amides is 2. The quantitative estimate of drug-likeness (QED) is 0.877. The molecule has 0 radical (unpaired) electrons. The first kappa shape index (κ1) is 14.8. The number of nitrogens with one attached hydrogen (secondary N) is 1. The Morgan fingerprint density at radius 3 is 2.90 bits per heavy atom. The third-order valence-corrected chi connectivity index (χ3v) is 3.53. The summed E-state index contributed by atoms with van der Waals surface area (Å²) < 4.78 is 5.15. The van der Waals surface area contributed by atoms with Gasteiger partial charge >= 0.3 is 6.03 Å². The minimum Gasteiger partial charge on any atom is -0.391 e. The summed E-state index contributed by atoms with van der Waals surface area (Å²) in [7, 11) is 1.66. The van der Waals surface area contributed by atoms with E-state index in [1.807, 2.05) is 24.3 Å². The van der Waals surface area contributed by atoms with Crippen molar-refractivity contribution in [2.45, 2.75) is 32.1 Å². The fourth-order valence-electron chi connectivity index (χ4n) is 2.45. The monoisotopic (exact) mass is 278 g/mol. The molecule has 2 rings (SSSR count). The number of urea groups is 1. The van der Waals surface area contributed by atoms with E-state index in [9.17, 15) is 9.90 Å². The lowest BCUT2D eigenvalue weighted by Gasteiger charge is -2.30. The highest BCUT2D eigenvalue weighted by Gasteiger charge is 2.21. The maximum Gasteiger partial charge on any atom is 0.317 e. The molecule has 1 aliphatic heterocycles. The van der Waals surface area contributed by atoms with Gasteiger partial charge in [-0.05, 0) is 24.0 Å². The van der Waals surface area contributed by atoms with Gasteiger partial charge in [0.25, 0.3) is 0 Å². The molecule has 1 saturated heterocycles. The topological polar surface area (TPSA) is 61.8 Å². The fraction of sp³-hybridized carbons (Fsp3) is 0.533. The Bertz CT molecular complexity index is 450. The number of carbonyl (C=O) groups is 1. The van der Waals surface area contributed by atoms with Gasteiger partial charge in [-0.3, -0.25) is 0 Å². The molecule has 5 heteroatoms. The molecule has 0 bridgehead atoms. The Balaban J connectivity index is 1.89. The lowest BCUT2D eigenvalue weighted by molar-refractivity contribution is 0.0841. The summed E-state index contributed by atoms with van der Waals surface area (Å²) in [6, 6.07) is 7.78. The number of benzene rings is 1. The molecule has 1 aliphatic rings. The second kappa shape index (κ2) is 7.26. The van der Waals surface area contributed by atoms with Crippen LogP contribution < -0.4 is 5.32 Å². The lowest BCUT2D eigenvalue weighted by Crippen LogP contribution is -2.46. The molecule has 2 N–H and O–H groups in total. The molecule has 1 aromatic rings. The number of hydrogen-bond donors (Lipinski definition) is 2. The summed E-state index contributed by atoms with van der Waals surface area (Å²) in [5.41, 5.74) is 2.13. The molecule has 5 nitrogen and oxygen atoms in total. The highest BCUT2D eigenvalue weighted by atomic mass is 16.5. The maximum atomic E-state index is 12.1.